The van der Waals surface area contributed by atoms with Crippen LogP contribution in [0.3, 0.4) is 0 Å². The first-order valence-electron chi connectivity index (χ1n) is 3.32. The number of hydrogen-bond acceptors (Lipinski definition) is 3. The van der Waals surface area contributed by atoms with E-state index in [1.807, 2.05) is 6.07 Å². The molecule has 0 aromatic carbocycles. The molecule has 0 aliphatic carbocycles. The van der Waals surface area contributed by atoms with Gasteiger partial charge in [-0.05, 0) is 15.9 Å². The first-order valence-corrected chi connectivity index (χ1v) is 5.00. The van der Waals surface area contributed by atoms with Crippen molar-refractivity contribution in [1.29, 1.82) is 0 Å². The summed E-state index contributed by atoms with van der Waals surface area (Å²) in [5.74, 6) is 0. The molecular weight excluding hydrogens is 224 g/mol. The molecule has 1 aromatic heterocycles. The van der Waals surface area contributed by atoms with E-state index >= 15 is 0 Å². The Kier molecular flexibility index (Phi) is 3.33. The van der Waals surface area contributed by atoms with Crippen LogP contribution >= 0.6 is 27.7 Å². The lowest BCUT2D eigenvalue weighted by atomic mass is 10.6. The molecule has 1 aromatic rings. The fourth-order valence-electron chi connectivity index (χ4n) is 0.623. The molecule has 60 valence electrons. The maximum absolute atomic E-state index is 4.10. The van der Waals surface area contributed by atoms with Crippen LogP contribution in [0.2, 0.25) is 0 Å². The highest BCUT2D eigenvalue weighted by molar-refractivity contribution is 9.10. The number of thioether (sulfide) groups is 1. The van der Waals surface area contributed by atoms with Crippen LogP contribution in [0.15, 0.2) is 22.0 Å². The Hall–Kier alpha value is -0.0900. The molecule has 11 heavy (non-hydrogen) atoms. The molecule has 2 nitrogen and oxygen atoms in total. The van der Waals surface area contributed by atoms with Crippen molar-refractivity contribution >= 4 is 27.7 Å². The highest BCUT2D eigenvalue weighted by Crippen LogP contribution is 2.21. The summed E-state index contributed by atoms with van der Waals surface area (Å²) < 4.78 is 0.843. The smallest absolute Gasteiger partial charge is 0.118 e. The van der Waals surface area contributed by atoms with E-state index in [0.29, 0.717) is 5.25 Å². The molecule has 0 amide bonds. The first kappa shape index (κ1) is 9.00. The third-order valence-corrected chi connectivity index (χ3v) is 2.33. The van der Waals surface area contributed by atoms with Crippen molar-refractivity contribution in [2.75, 3.05) is 0 Å². The minimum atomic E-state index is 0.566. The lowest BCUT2D eigenvalue weighted by Gasteiger charge is -2.02. The number of aromatic nitrogens is 2. The molecule has 0 unspecified atom stereocenters. The van der Waals surface area contributed by atoms with E-state index in [4.69, 9.17) is 0 Å². The van der Waals surface area contributed by atoms with Crippen LogP contribution < -0.4 is 0 Å². The van der Waals surface area contributed by atoms with Gasteiger partial charge >= 0.3 is 0 Å². The molecule has 0 bridgehead atoms. The van der Waals surface area contributed by atoms with Crippen LogP contribution in [0, 0.1) is 0 Å². The Labute approximate surface area is 79.0 Å². The molecule has 1 heterocycles. The molecule has 0 spiro atoms. The van der Waals surface area contributed by atoms with Gasteiger partial charge in [0, 0.05) is 11.3 Å². The summed E-state index contributed by atoms with van der Waals surface area (Å²) in [4.78, 5) is 8.04. The van der Waals surface area contributed by atoms with Gasteiger partial charge in [-0.1, -0.05) is 13.8 Å². The van der Waals surface area contributed by atoms with E-state index < -0.39 is 0 Å². The SMILES string of the molecule is CC(C)Sc1cc(Br)ncn1. The van der Waals surface area contributed by atoms with Gasteiger partial charge in [-0.2, -0.15) is 0 Å². The summed E-state index contributed by atoms with van der Waals surface area (Å²) in [5.41, 5.74) is 0. The molecule has 0 fully saturated rings. The third kappa shape index (κ3) is 3.20. The normalized spacial score (nSPS) is 10.5. The minimum absolute atomic E-state index is 0.566. The highest BCUT2D eigenvalue weighted by Gasteiger charge is 1.99. The zero-order valence-corrected chi connectivity index (χ0v) is 8.82. The van der Waals surface area contributed by atoms with Crippen LogP contribution in [-0.2, 0) is 0 Å². The van der Waals surface area contributed by atoms with Gasteiger partial charge in [0.05, 0.1) is 0 Å². The van der Waals surface area contributed by atoms with Gasteiger partial charge in [0.25, 0.3) is 0 Å². The molecular formula is C7H9BrN2S. The summed E-state index contributed by atoms with van der Waals surface area (Å²) >= 11 is 5.02. The number of nitrogens with zero attached hydrogens (tertiary/aromatic N) is 2. The second-order valence-corrected chi connectivity index (χ2v) is 4.75. The molecule has 0 radical (unpaired) electrons. The Morgan fingerprint density at radius 2 is 2.18 bits per heavy atom. The molecule has 0 saturated carbocycles. The number of halogens is 1. The largest absolute Gasteiger partial charge is 0.230 e. The summed E-state index contributed by atoms with van der Waals surface area (Å²) in [5, 5.41) is 1.58. The van der Waals surface area contributed by atoms with Gasteiger partial charge in [0.15, 0.2) is 0 Å². The van der Waals surface area contributed by atoms with Crippen LogP contribution in [0.1, 0.15) is 13.8 Å². The number of rotatable bonds is 2. The second-order valence-electron chi connectivity index (χ2n) is 2.35. The monoisotopic (exact) mass is 232 g/mol. The summed E-state index contributed by atoms with van der Waals surface area (Å²) in [7, 11) is 0. The lowest BCUT2D eigenvalue weighted by molar-refractivity contribution is 1.01. The standard InChI is InChI=1S/C7H9BrN2S/c1-5(2)11-7-3-6(8)9-4-10-7/h3-5H,1-2H3. The maximum Gasteiger partial charge on any atom is 0.118 e. The van der Waals surface area contributed by atoms with Gasteiger partial charge in [-0.3, -0.25) is 0 Å². The molecule has 0 atom stereocenters. The fraction of sp³-hybridized carbons (Fsp3) is 0.429. The van der Waals surface area contributed by atoms with Gasteiger partial charge in [-0.15, -0.1) is 11.8 Å². The Balaban J connectivity index is 2.71. The van der Waals surface area contributed by atoms with E-state index in [1.165, 1.54) is 0 Å². The molecule has 4 heteroatoms. The van der Waals surface area contributed by atoms with Gasteiger partial charge < -0.3 is 0 Å². The lowest BCUT2D eigenvalue weighted by Crippen LogP contribution is -1.89. The minimum Gasteiger partial charge on any atom is -0.230 e. The van der Waals surface area contributed by atoms with E-state index in [0.717, 1.165) is 9.63 Å². The summed E-state index contributed by atoms with van der Waals surface area (Å²) in [6.07, 6.45) is 1.56. The van der Waals surface area contributed by atoms with Crippen molar-refractivity contribution in [3.05, 3.63) is 17.0 Å². The predicted molar refractivity (Wildman–Crippen MR) is 50.7 cm³/mol. The quantitative estimate of drug-likeness (QED) is 0.580. The van der Waals surface area contributed by atoms with Gasteiger partial charge in [-0.25, -0.2) is 9.97 Å². The average molecular weight is 233 g/mol. The summed E-state index contributed by atoms with van der Waals surface area (Å²) in [6, 6.07) is 1.92. The van der Waals surface area contributed by atoms with Gasteiger partial charge in [0.2, 0.25) is 0 Å². The van der Waals surface area contributed by atoms with Crippen molar-refractivity contribution in [3.63, 3.8) is 0 Å². The highest BCUT2D eigenvalue weighted by atomic mass is 79.9. The van der Waals surface area contributed by atoms with Crippen molar-refractivity contribution in [3.8, 4) is 0 Å². The topological polar surface area (TPSA) is 25.8 Å². The molecule has 1 rings (SSSR count). The Morgan fingerprint density at radius 3 is 2.73 bits per heavy atom. The molecule has 0 aliphatic heterocycles. The zero-order chi connectivity index (χ0) is 8.27. The Bertz CT molecular complexity index is 240. The molecule has 0 aliphatic rings. The molecule has 0 N–H and O–H groups in total. The average Bonchev–Trinajstić information content (AvgIpc) is 1.85. The first-order chi connectivity index (χ1) is 5.18. The second kappa shape index (κ2) is 4.07. The van der Waals surface area contributed by atoms with E-state index in [2.05, 4.69) is 39.7 Å². The fourth-order valence-corrected chi connectivity index (χ4v) is 1.85. The third-order valence-electron chi connectivity index (χ3n) is 0.965. The van der Waals surface area contributed by atoms with E-state index in [1.54, 1.807) is 18.1 Å². The zero-order valence-electron chi connectivity index (χ0n) is 6.41. The van der Waals surface area contributed by atoms with Crippen molar-refractivity contribution < 1.29 is 0 Å². The van der Waals surface area contributed by atoms with Crippen LogP contribution in [0.4, 0.5) is 0 Å². The predicted octanol–water partition coefficient (Wildman–Crippen LogP) is 2.74. The van der Waals surface area contributed by atoms with Crippen LogP contribution in [0.5, 0.6) is 0 Å². The van der Waals surface area contributed by atoms with E-state index in [9.17, 15) is 0 Å². The summed E-state index contributed by atoms with van der Waals surface area (Å²) in [6.45, 7) is 4.28. The van der Waals surface area contributed by atoms with Crippen molar-refractivity contribution in [2.24, 2.45) is 0 Å². The number of hydrogen-bond donors (Lipinski definition) is 0. The van der Waals surface area contributed by atoms with E-state index in [-0.39, 0.29) is 0 Å². The van der Waals surface area contributed by atoms with Crippen molar-refractivity contribution in [1.82, 2.24) is 9.97 Å². The van der Waals surface area contributed by atoms with Gasteiger partial charge in [0.1, 0.15) is 16.0 Å². The van der Waals surface area contributed by atoms with Crippen LogP contribution in [0.25, 0.3) is 0 Å². The Morgan fingerprint density at radius 1 is 1.45 bits per heavy atom. The maximum atomic E-state index is 4.10. The van der Waals surface area contributed by atoms with Crippen molar-refractivity contribution in [2.45, 2.75) is 24.1 Å². The molecule has 0 saturated heterocycles. The van der Waals surface area contributed by atoms with Crippen LogP contribution in [-0.4, -0.2) is 15.2 Å².